The standard InChI is InChI=1S/C17H20BrNO/c1-17(2,3)13-8-6-12(7-9-13)11-15(20)16-14(18)5-4-10-19-16/h4-10,15,20H,11H2,1-3H3. The van der Waals surface area contributed by atoms with Gasteiger partial charge in [0, 0.05) is 17.1 Å². The number of aliphatic hydroxyl groups excluding tert-OH is 1. The van der Waals surface area contributed by atoms with E-state index in [1.807, 2.05) is 12.1 Å². The average molecular weight is 334 g/mol. The average Bonchev–Trinajstić information content (AvgIpc) is 2.38. The van der Waals surface area contributed by atoms with Gasteiger partial charge in [-0.25, -0.2) is 0 Å². The molecule has 1 atom stereocenters. The predicted molar refractivity (Wildman–Crippen MR) is 85.7 cm³/mol. The number of rotatable bonds is 3. The first-order valence-corrected chi connectivity index (χ1v) is 7.55. The largest absolute Gasteiger partial charge is 0.386 e. The maximum atomic E-state index is 10.3. The first kappa shape index (κ1) is 15.2. The van der Waals surface area contributed by atoms with Crippen LogP contribution in [-0.4, -0.2) is 10.1 Å². The maximum Gasteiger partial charge on any atom is 0.101 e. The molecule has 106 valence electrons. The highest BCUT2D eigenvalue weighted by Crippen LogP contribution is 2.26. The van der Waals surface area contributed by atoms with Gasteiger partial charge in [-0.3, -0.25) is 4.98 Å². The molecule has 20 heavy (non-hydrogen) atoms. The van der Waals surface area contributed by atoms with Crippen LogP contribution < -0.4 is 0 Å². The van der Waals surface area contributed by atoms with E-state index in [0.29, 0.717) is 12.1 Å². The van der Waals surface area contributed by atoms with E-state index in [9.17, 15) is 5.11 Å². The smallest absolute Gasteiger partial charge is 0.101 e. The molecular weight excluding hydrogens is 314 g/mol. The molecule has 0 bridgehead atoms. The summed E-state index contributed by atoms with van der Waals surface area (Å²) in [6, 6.07) is 12.2. The molecule has 0 aliphatic rings. The summed E-state index contributed by atoms with van der Waals surface area (Å²) >= 11 is 3.43. The second-order valence-electron chi connectivity index (χ2n) is 6.04. The summed E-state index contributed by atoms with van der Waals surface area (Å²) in [4.78, 5) is 4.23. The van der Waals surface area contributed by atoms with Gasteiger partial charge in [-0.2, -0.15) is 0 Å². The van der Waals surface area contributed by atoms with Crippen LogP contribution in [0.15, 0.2) is 47.1 Å². The topological polar surface area (TPSA) is 33.1 Å². The second-order valence-corrected chi connectivity index (χ2v) is 6.89. The maximum absolute atomic E-state index is 10.3. The quantitative estimate of drug-likeness (QED) is 0.901. The van der Waals surface area contributed by atoms with Crippen LogP contribution in [0.1, 0.15) is 43.7 Å². The summed E-state index contributed by atoms with van der Waals surface area (Å²) in [5.74, 6) is 0. The van der Waals surface area contributed by atoms with E-state index in [4.69, 9.17) is 0 Å². The SMILES string of the molecule is CC(C)(C)c1ccc(CC(O)c2ncccc2Br)cc1. The van der Waals surface area contributed by atoms with Gasteiger partial charge in [0.1, 0.15) is 6.10 Å². The molecule has 0 aliphatic heterocycles. The minimum absolute atomic E-state index is 0.154. The van der Waals surface area contributed by atoms with E-state index < -0.39 is 6.10 Å². The molecule has 1 heterocycles. The number of hydrogen-bond donors (Lipinski definition) is 1. The van der Waals surface area contributed by atoms with Crippen molar-refractivity contribution in [1.82, 2.24) is 4.98 Å². The predicted octanol–water partition coefficient (Wildman–Crippen LogP) is 4.42. The van der Waals surface area contributed by atoms with Crippen LogP contribution in [-0.2, 0) is 11.8 Å². The van der Waals surface area contributed by atoms with Crippen molar-refractivity contribution in [2.24, 2.45) is 0 Å². The molecule has 0 radical (unpaired) electrons. The summed E-state index contributed by atoms with van der Waals surface area (Å²) in [5, 5.41) is 10.3. The normalized spacial score (nSPS) is 13.2. The monoisotopic (exact) mass is 333 g/mol. The Labute approximate surface area is 129 Å². The van der Waals surface area contributed by atoms with Crippen molar-refractivity contribution in [1.29, 1.82) is 0 Å². The molecule has 1 N–H and O–H groups in total. The fourth-order valence-electron chi connectivity index (χ4n) is 2.10. The number of hydrogen-bond acceptors (Lipinski definition) is 2. The number of pyridine rings is 1. The van der Waals surface area contributed by atoms with Crippen LogP contribution in [0.25, 0.3) is 0 Å². The molecular formula is C17H20BrNO. The van der Waals surface area contributed by atoms with Gasteiger partial charge in [-0.05, 0) is 44.6 Å². The molecule has 0 spiro atoms. The Morgan fingerprint density at radius 1 is 1.15 bits per heavy atom. The van der Waals surface area contributed by atoms with Gasteiger partial charge in [0.2, 0.25) is 0 Å². The van der Waals surface area contributed by atoms with Gasteiger partial charge < -0.3 is 5.11 Å². The van der Waals surface area contributed by atoms with Crippen molar-refractivity contribution in [2.45, 2.75) is 38.7 Å². The van der Waals surface area contributed by atoms with Gasteiger partial charge >= 0.3 is 0 Å². The van der Waals surface area contributed by atoms with E-state index in [-0.39, 0.29) is 5.41 Å². The lowest BCUT2D eigenvalue weighted by molar-refractivity contribution is 0.173. The lowest BCUT2D eigenvalue weighted by Crippen LogP contribution is -2.11. The summed E-state index contributed by atoms with van der Waals surface area (Å²) in [6.07, 6.45) is 1.68. The first-order chi connectivity index (χ1) is 9.38. The summed E-state index contributed by atoms with van der Waals surface area (Å²) in [6.45, 7) is 6.59. The lowest BCUT2D eigenvalue weighted by Gasteiger charge is -2.19. The third kappa shape index (κ3) is 3.68. The van der Waals surface area contributed by atoms with Crippen molar-refractivity contribution >= 4 is 15.9 Å². The third-order valence-electron chi connectivity index (χ3n) is 3.35. The minimum atomic E-state index is -0.592. The van der Waals surface area contributed by atoms with Gasteiger partial charge in [0.15, 0.2) is 0 Å². The molecule has 0 fully saturated rings. The Hall–Kier alpha value is -1.19. The highest BCUT2D eigenvalue weighted by atomic mass is 79.9. The van der Waals surface area contributed by atoms with Gasteiger partial charge in [-0.15, -0.1) is 0 Å². The Morgan fingerprint density at radius 3 is 2.35 bits per heavy atom. The number of aliphatic hydroxyl groups is 1. The van der Waals surface area contributed by atoms with Gasteiger partial charge in [-0.1, -0.05) is 45.0 Å². The molecule has 1 aromatic carbocycles. The van der Waals surface area contributed by atoms with Crippen LogP contribution in [0.4, 0.5) is 0 Å². The molecule has 1 unspecified atom stereocenters. The molecule has 2 nitrogen and oxygen atoms in total. The van der Waals surface area contributed by atoms with Crippen LogP contribution in [0, 0.1) is 0 Å². The number of benzene rings is 1. The molecule has 3 heteroatoms. The fraction of sp³-hybridized carbons (Fsp3) is 0.353. The van der Waals surface area contributed by atoms with Crippen molar-refractivity contribution in [3.05, 3.63) is 63.9 Å². The Balaban J connectivity index is 2.13. The zero-order valence-corrected chi connectivity index (χ0v) is 13.7. The van der Waals surface area contributed by atoms with E-state index in [2.05, 4.69) is 66.0 Å². The Kier molecular flexibility index (Phi) is 4.61. The number of nitrogens with zero attached hydrogens (tertiary/aromatic N) is 1. The zero-order valence-electron chi connectivity index (χ0n) is 12.1. The molecule has 0 saturated carbocycles. The van der Waals surface area contributed by atoms with Crippen LogP contribution in [0.3, 0.4) is 0 Å². The van der Waals surface area contributed by atoms with Crippen LogP contribution in [0.2, 0.25) is 0 Å². The van der Waals surface area contributed by atoms with E-state index in [1.165, 1.54) is 5.56 Å². The van der Waals surface area contributed by atoms with Crippen LogP contribution in [0.5, 0.6) is 0 Å². The van der Waals surface area contributed by atoms with Crippen molar-refractivity contribution in [3.63, 3.8) is 0 Å². The van der Waals surface area contributed by atoms with Gasteiger partial charge in [0.25, 0.3) is 0 Å². The zero-order chi connectivity index (χ0) is 14.8. The van der Waals surface area contributed by atoms with Crippen molar-refractivity contribution < 1.29 is 5.11 Å². The molecule has 0 saturated heterocycles. The molecule has 2 rings (SSSR count). The Morgan fingerprint density at radius 2 is 1.80 bits per heavy atom. The molecule has 0 aliphatic carbocycles. The van der Waals surface area contributed by atoms with E-state index >= 15 is 0 Å². The van der Waals surface area contributed by atoms with Crippen molar-refractivity contribution in [3.8, 4) is 0 Å². The van der Waals surface area contributed by atoms with Crippen LogP contribution >= 0.6 is 15.9 Å². The van der Waals surface area contributed by atoms with Gasteiger partial charge in [0.05, 0.1) is 5.69 Å². The molecule has 1 aromatic heterocycles. The minimum Gasteiger partial charge on any atom is -0.386 e. The summed E-state index contributed by atoms with van der Waals surface area (Å²) < 4.78 is 0.846. The van der Waals surface area contributed by atoms with E-state index in [1.54, 1.807) is 6.20 Å². The number of halogens is 1. The number of aromatic nitrogens is 1. The summed E-state index contributed by atoms with van der Waals surface area (Å²) in [5.41, 5.74) is 3.26. The molecule has 2 aromatic rings. The summed E-state index contributed by atoms with van der Waals surface area (Å²) in [7, 11) is 0. The highest BCUT2D eigenvalue weighted by Gasteiger charge is 2.15. The Bertz CT molecular complexity index is 572. The highest BCUT2D eigenvalue weighted by molar-refractivity contribution is 9.10. The molecule has 0 amide bonds. The fourth-order valence-corrected chi connectivity index (χ4v) is 2.62. The van der Waals surface area contributed by atoms with Crippen molar-refractivity contribution in [2.75, 3.05) is 0 Å². The first-order valence-electron chi connectivity index (χ1n) is 6.76. The second kappa shape index (κ2) is 6.06. The lowest BCUT2D eigenvalue weighted by atomic mass is 9.86. The third-order valence-corrected chi connectivity index (χ3v) is 4.02. The van der Waals surface area contributed by atoms with E-state index in [0.717, 1.165) is 10.0 Å².